The van der Waals surface area contributed by atoms with Crippen LogP contribution in [0, 0.1) is 13.8 Å². The molecule has 6 nitrogen and oxygen atoms in total. The van der Waals surface area contributed by atoms with E-state index >= 15 is 0 Å². The first kappa shape index (κ1) is 25.2. The Kier molecular flexibility index (Phi) is 5.04. The average Bonchev–Trinajstić information content (AvgIpc) is 3.08. The lowest BCUT2D eigenvalue weighted by Crippen LogP contribution is -2.16. The van der Waals surface area contributed by atoms with Crippen LogP contribution in [0.15, 0.2) is 121 Å². The molecule has 0 amide bonds. The van der Waals surface area contributed by atoms with Gasteiger partial charge in [-0.2, -0.15) is 0 Å². The zero-order chi connectivity index (χ0) is 30.5. The van der Waals surface area contributed by atoms with E-state index < -0.39 is 0 Å². The van der Waals surface area contributed by atoms with Gasteiger partial charge in [-0.25, -0.2) is 0 Å². The first-order chi connectivity index (χ1) is 22.6. The Labute approximate surface area is 265 Å². The summed E-state index contributed by atoms with van der Waals surface area (Å²) in [5.74, 6) is 3.29. The lowest BCUT2D eigenvalue weighted by Gasteiger charge is -2.33. The molecule has 2 aliphatic heterocycles. The van der Waals surface area contributed by atoms with Crippen LogP contribution in [0.1, 0.15) is 11.4 Å². The number of rotatable bonds is 2. The minimum absolute atomic E-state index is 0.823. The minimum Gasteiger partial charge on any atom is -0.453 e. The van der Waals surface area contributed by atoms with Gasteiger partial charge in [-0.1, -0.05) is 48.5 Å². The molecule has 0 saturated carbocycles. The monoisotopic (exact) mass is 594 g/mol. The summed E-state index contributed by atoms with van der Waals surface area (Å²) < 4.78 is 12.6. The van der Waals surface area contributed by atoms with E-state index in [1.165, 1.54) is 0 Å². The van der Waals surface area contributed by atoms with Gasteiger partial charge in [-0.3, -0.25) is 9.97 Å². The molecule has 8 aromatic rings. The third kappa shape index (κ3) is 3.46. The molecule has 0 bridgehead atoms. The summed E-state index contributed by atoms with van der Waals surface area (Å²) in [6.07, 6.45) is 0. The molecule has 2 aromatic heterocycles. The first-order valence-electron chi connectivity index (χ1n) is 15.4. The highest BCUT2D eigenvalue weighted by Crippen LogP contribution is 2.53. The second-order valence-corrected chi connectivity index (χ2v) is 11.9. The molecule has 0 saturated heterocycles. The fraction of sp³-hybridized carbons (Fsp3) is 0.0500. The molecule has 0 aliphatic carbocycles. The molecule has 0 radical (unpaired) electrons. The fourth-order valence-electron chi connectivity index (χ4n) is 7.20. The number of para-hydroxylation sites is 8. The van der Waals surface area contributed by atoms with Crippen molar-refractivity contribution >= 4 is 66.7 Å². The van der Waals surface area contributed by atoms with Gasteiger partial charge in [0, 0.05) is 44.3 Å². The predicted molar refractivity (Wildman–Crippen MR) is 185 cm³/mol. The van der Waals surface area contributed by atoms with Gasteiger partial charge in [-0.15, -0.1) is 0 Å². The van der Waals surface area contributed by atoms with Crippen LogP contribution in [0.25, 0.3) is 32.6 Å². The van der Waals surface area contributed by atoms with E-state index in [1.807, 2.05) is 72.8 Å². The largest absolute Gasteiger partial charge is 0.453 e. The highest BCUT2D eigenvalue weighted by molar-refractivity contribution is 6.23. The molecule has 0 unspecified atom stereocenters. The number of nitrogens with zero attached hydrogens (tertiary/aromatic N) is 4. The highest BCUT2D eigenvalue weighted by Gasteiger charge is 2.29. The highest BCUT2D eigenvalue weighted by atomic mass is 16.5. The van der Waals surface area contributed by atoms with Crippen LogP contribution in [0.3, 0.4) is 0 Å². The topological polar surface area (TPSA) is 50.7 Å². The van der Waals surface area contributed by atoms with Crippen LogP contribution in [0.5, 0.6) is 23.0 Å². The number of aromatic nitrogens is 2. The lowest BCUT2D eigenvalue weighted by atomic mass is 9.96. The normalized spacial score (nSPS) is 13.3. The number of fused-ring (bicyclic) bond motifs is 4. The standard InChI is InChI=1S/C40H26N4O2/c1-23-27-19-25(43-31-11-3-7-15-35(31)45-36-16-8-4-12-32(36)43)22-30-39(27)40-28(24(2)42-30)20-26(21-29(40)41-23)44-33-13-5-9-17-37(33)46-38-18-10-6-14-34(38)44/h3-22H,1-2H3. The molecule has 0 fully saturated rings. The number of hydrogen-bond donors (Lipinski definition) is 0. The molecular weight excluding hydrogens is 568 g/mol. The van der Waals surface area contributed by atoms with Crippen LogP contribution in [0.4, 0.5) is 34.1 Å². The van der Waals surface area contributed by atoms with Crippen molar-refractivity contribution in [3.8, 4) is 23.0 Å². The SMILES string of the molecule is Cc1nc2cc(N3c4ccccc4Oc4ccccc43)cc3c(C)nc4cc(N5c6ccccc6Oc6ccccc65)cc1c4c23. The van der Waals surface area contributed by atoms with E-state index in [-0.39, 0.29) is 0 Å². The maximum Gasteiger partial charge on any atom is 0.151 e. The molecule has 0 atom stereocenters. The molecule has 0 spiro atoms. The Bertz CT molecular complexity index is 2270. The van der Waals surface area contributed by atoms with Crippen LogP contribution in [-0.2, 0) is 0 Å². The van der Waals surface area contributed by atoms with E-state index in [1.54, 1.807) is 0 Å². The quantitative estimate of drug-likeness (QED) is 0.186. The van der Waals surface area contributed by atoms with Crippen molar-refractivity contribution in [3.05, 3.63) is 133 Å². The Morgan fingerprint density at radius 3 is 1.11 bits per heavy atom. The van der Waals surface area contributed by atoms with E-state index in [2.05, 4.69) is 72.2 Å². The van der Waals surface area contributed by atoms with Crippen LogP contribution in [0.2, 0.25) is 0 Å². The van der Waals surface area contributed by atoms with Gasteiger partial charge in [-0.05, 0) is 86.6 Å². The molecule has 4 heterocycles. The van der Waals surface area contributed by atoms with Crippen LogP contribution >= 0.6 is 0 Å². The molecule has 6 heteroatoms. The number of hydrogen-bond acceptors (Lipinski definition) is 6. The van der Waals surface area contributed by atoms with Gasteiger partial charge in [0.2, 0.25) is 0 Å². The van der Waals surface area contributed by atoms with Crippen molar-refractivity contribution < 1.29 is 9.47 Å². The number of anilines is 6. The summed E-state index contributed by atoms with van der Waals surface area (Å²) >= 11 is 0. The van der Waals surface area contributed by atoms with Crippen LogP contribution in [-0.4, -0.2) is 9.97 Å². The van der Waals surface area contributed by atoms with Crippen molar-refractivity contribution in [3.63, 3.8) is 0 Å². The molecule has 10 rings (SSSR count). The van der Waals surface area contributed by atoms with Crippen molar-refractivity contribution in [2.75, 3.05) is 9.80 Å². The smallest absolute Gasteiger partial charge is 0.151 e. The molecule has 0 N–H and O–H groups in total. The lowest BCUT2D eigenvalue weighted by molar-refractivity contribution is 0.477. The van der Waals surface area contributed by atoms with Gasteiger partial charge < -0.3 is 19.3 Å². The summed E-state index contributed by atoms with van der Waals surface area (Å²) in [4.78, 5) is 15.1. The second-order valence-electron chi connectivity index (χ2n) is 11.9. The van der Waals surface area contributed by atoms with Crippen molar-refractivity contribution in [1.29, 1.82) is 0 Å². The molecule has 46 heavy (non-hydrogen) atoms. The Balaban J connectivity index is 1.22. The van der Waals surface area contributed by atoms with Gasteiger partial charge in [0.25, 0.3) is 0 Å². The summed E-state index contributed by atoms with van der Waals surface area (Å²) in [6, 6.07) is 41.6. The van der Waals surface area contributed by atoms with Gasteiger partial charge >= 0.3 is 0 Å². The average molecular weight is 595 g/mol. The number of benzene rings is 6. The summed E-state index contributed by atoms with van der Waals surface area (Å²) in [5, 5.41) is 4.45. The summed E-state index contributed by atoms with van der Waals surface area (Å²) in [6.45, 7) is 4.20. The number of ether oxygens (including phenoxy) is 2. The maximum atomic E-state index is 6.29. The third-order valence-corrected chi connectivity index (χ3v) is 9.19. The number of aryl methyl sites for hydroxylation is 2. The summed E-state index contributed by atoms with van der Waals surface area (Å²) in [5.41, 5.74) is 9.83. The number of pyridine rings is 2. The fourth-order valence-corrected chi connectivity index (χ4v) is 7.20. The first-order valence-corrected chi connectivity index (χ1v) is 15.4. The summed E-state index contributed by atoms with van der Waals surface area (Å²) in [7, 11) is 0. The molecule has 6 aromatic carbocycles. The van der Waals surface area contributed by atoms with Gasteiger partial charge in [0.1, 0.15) is 0 Å². The van der Waals surface area contributed by atoms with Crippen molar-refractivity contribution in [2.45, 2.75) is 13.8 Å². The maximum absolute atomic E-state index is 6.29. The zero-order valence-corrected chi connectivity index (χ0v) is 25.2. The van der Waals surface area contributed by atoms with E-state index in [0.29, 0.717) is 0 Å². The second kappa shape index (κ2) is 9.19. The Morgan fingerprint density at radius 2 is 0.761 bits per heavy atom. The Morgan fingerprint density at radius 1 is 0.435 bits per heavy atom. The van der Waals surface area contributed by atoms with Crippen molar-refractivity contribution in [1.82, 2.24) is 9.97 Å². The zero-order valence-electron chi connectivity index (χ0n) is 25.2. The minimum atomic E-state index is 0.823. The van der Waals surface area contributed by atoms with E-state index in [9.17, 15) is 0 Å². The molecule has 2 aliphatic rings. The van der Waals surface area contributed by atoms with Crippen molar-refractivity contribution in [2.24, 2.45) is 0 Å². The van der Waals surface area contributed by atoms with Gasteiger partial charge in [0.15, 0.2) is 23.0 Å². The Hall–Kier alpha value is -6.14. The molecule has 218 valence electrons. The van der Waals surface area contributed by atoms with E-state index in [4.69, 9.17) is 19.4 Å². The predicted octanol–water partition coefficient (Wildman–Crippen LogP) is 11.1. The third-order valence-electron chi connectivity index (χ3n) is 9.19. The van der Waals surface area contributed by atoms with Gasteiger partial charge in [0.05, 0.1) is 33.8 Å². The van der Waals surface area contributed by atoms with E-state index in [0.717, 1.165) is 101 Å². The molecular formula is C40H26N4O2. The van der Waals surface area contributed by atoms with Crippen LogP contribution < -0.4 is 19.3 Å².